The largest absolute Gasteiger partial charge is 0.445 e. The normalized spacial score (nSPS) is 13.9. The molecule has 0 aliphatic carbocycles. The molecule has 3 amide bonds. The molecule has 0 aliphatic heterocycles. The molecule has 3 N–H and O–H groups in total. The summed E-state index contributed by atoms with van der Waals surface area (Å²) in [6.07, 6.45) is 1.46. The van der Waals surface area contributed by atoms with E-state index in [1.165, 1.54) is 0 Å². The lowest BCUT2D eigenvalue weighted by atomic mass is 9.99. The number of hydrogen-bond donors (Lipinski definition) is 3. The molecule has 0 saturated heterocycles. The van der Waals surface area contributed by atoms with Gasteiger partial charge in [0.05, 0.1) is 12.1 Å². The van der Waals surface area contributed by atoms with Gasteiger partial charge in [0.2, 0.25) is 11.8 Å². The first-order valence-corrected chi connectivity index (χ1v) is 12.0. The summed E-state index contributed by atoms with van der Waals surface area (Å²) in [7, 11) is 0. The molecule has 34 heavy (non-hydrogen) atoms. The summed E-state index contributed by atoms with van der Waals surface area (Å²) >= 11 is 0. The van der Waals surface area contributed by atoms with E-state index in [1.54, 1.807) is 0 Å². The van der Waals surface area contributed by atoms with Crippen LogP contribution in [-0.2, 0) is 25.7 Å². The fourth-order valence-corrected chi connectivity index (χ4v) is 3.56. The van der Waals surface area contributed by atoms with Gasteiger partial charge < -0.3 is 14.8 Å². The topological polar surface area (TPSA) is 114 Å². The van der Waals surface area contributed by atoms with E-state index in [9.17, 15) is 19.2 Å². The number of carbonyl (C=O) groups is 4. The Bertz CT molecular complexity index is 780. The summed E-state index contributed by atoms with van der Waals surface area (Å²) in [6, 6.07) is 7.10. The maximum absolute atomic E-state index is 13.0. The van der Waals surface area contributed by atoms with Crippen molar-refractivity contribution in [3.8, 4) is 0 Å². The number of hydrogen-bond acceptors (Lipinski definition) is 6. The second-order valence-electron chi connectivity index (χ2n) is 9.96. The van der Waals surface area contributed by atoms with Crippen LogP contribution in [0.1, 0.15) is 66.4 Å². The second-order valence-corrected chi connectivity index (χ2v) is 9.96. The molecule has 1 rings (SSSR count). The molecular formula is C26H41N3O5. The summed E-state index contributed by atoms with van der Waals surface area (Å²) in [6.45, 7) is 11.8. The zero-order valence-electron chi connectivity index (χ0n) is 21.3. The molecule has 8 nitrogen and oxygen atoms in total. The number of ether oxygens (including phenoxy) is 1. The van der Waals surface area contributed by atoms with Crippen LogP contribution in [0.25, 0.3) is 0 Å². The van der Waals surface area contributed by atoms with Crippen LogP contribution >= 0.6 is 0 Å². The first kappa shape index (κ1) is 29.3. The summed E-state index contributed by atoms with van der Waals surface area (Å²) in [5.74, 6) is -0.578. The van der Waals surface area contributed by atoms with Crippen LogP contribution in [0, 0.1) is 17.8 Å². The average Bonchev–Trinajstić information content (AvgIpc) is 2.75. The summed E-state index contributed by atoms with van der Waals surface area (Å²) in [5, 5.41) is 8.09. The number of amides is 3. The minimum atomic E-state index is -0.926. The maximum Gasteiger partial charge on any atom is 0.408 e. The van der Waals surface area contributed by atoms with Crippen LogP contribution in [0.2, 0.25) is 0 Å². The number of carbonyl (C=O) groups excluding carboxylic acids is 4. The van der Waals surface area contributed by atoms with Gasteiger partial charge >= 0.3 is 6.09 Å². The lowest BCUT2D eigenvalue weighted by molar-refractivity contribution is -0.133. The van der Waals surface area contributed by atoms with Crippen molar-refractivity contribution in [2.75, 3.05) is 0 Å². The van der Waals surface area contributed by atoms with Crippen LogP contribution in [0.4, 0.5) is 4.79 Å². The first-order valence-electron chi connectivity index (χ1n) is 12.0. The van der Waals surface area contributed by atoms with Gasteiger partial charge in [0.25, 0.3) is 0 Å². The highest BCUT2D eigenvalue weighted by Crippen LogP contribution is 2.11. The first-order chi connectivity index (χ1) is 16.0. The van der Waals surface area contributed by atoms with Crippen LogP contribution < -0.4 is 16.0 Å². The SMILES string of the molecule is CC(C)CC(C=O)N[C@@H](CC(C)C)C(=O)NC(=O)[C@H](CC(C)C)NC(=O)OCc1ccccc1. The number of aldehydes is 1. The van der Waals surface area contributed by atoms with Crippen molar-refractivity contribution in [2.24, 2.45) is 17.8 Å². The molecule has 190 valence electrons. The second kappa shape index (κ2) is 15.2. The van der Waals surface area contributed by atoms with Crippen molar-refractivity contribution in [2.45, 2.75) is 85.5 Å². The van der Waals surface area contributed by atoms with Crippen molar-refractivity contribution < 1.29 is 23.9 Å². The Labute approximate surface area is 203 Å². The van der Waals surface area contributed by atoms with Gasteiger partial charge in [-0.1, -0.05) is 71.9 Å². The molecule has 0 aromatic heterocycles. The molecule has 1 aromatic rings. The van der Waals surface area contributed by atoms with Crippen molar-refractivity contribution in [1.29, 1.82) is 0 Å². The molecular weight excluding hydrogens is 434 g/mol. The lowest BCUT2D eigenvalue weighted by Gasteiger charge is -2.25. The fourth-order valence-electron chi connectivity index (χ4n) is 3.56. The van der Waals surface area contributed by atoms with E-state index in [2.05, 4.69) is 16.0 Å². The molecule has 0 radical (unpaired) electrons. The predicted octanol–water partition coefficient (Wildman–Crippen LogP) is 3.59. The molecule has 0 fully saturated rings. The van der Waals surface area contributed by atoms with Crippen LogP contribution in [0.5, 0.6) is 0 Å². The van der Waals surface area contributed by atoms with Gasteiger partial charge in [-0.15, -0.1) is 0 Å². The molecule has 0 spiro atoms. The standard InChI is InChI=1S/C26H41N3O5/c1-17(2)12-21(15-30)27-22(13-18(3)4)24(31)29-25(32)23(14-19(5)6)28-26(33)34-16-20-10-8-7-9-11-20/h7-11,15,17-19,21-23,27H,12-14,16H2,1-6H3,(H,28,33)(H,29,31,32)/t21?,22-,23-/m0/s1. The Morgan fingerprint density at radius 2 is 1.35 bits per heavy atom. The van der Waals surface area contributed by atoms with Gasteiger partial charge in [0.1, 0.15) is 18.9 Å². The van der Waals surface area contributed by atoms with E-state index < -0.39 is 36.0 Å². The average molecular weight is 476 g/mol. The molecule has 1 unspecified atom stereocenters. The zero-order chi connectivity index (χ0) is 25.7. The van der Waals surface area contributed by atoms with Crippen molar-refractivity contribution in [1.82, 2.24) is 16.0 Å². The number of imide groups is 1. The zero-order valence-corrected chi connectivity index (χ0v) is 21.3. The lowest BCUT2D eigenvalue weighted by Crippen LogP contribution is -2.55. The highest BCUT2D eigenvalue weighted by atomic mass is 16.5. The minimum absolute atomic E-state index is 0.0743. The van der Waals surface area contributed by atoms with Gasteiger partial charge in [0.15, 0.2) is 0 Å². The van der Waals surface area contributed by atoms with E-state index in [0.717, 1.165) is 11.8 Å². The Morgan fingerprint density at radius 1 is 0.824 bits per heavy atom. The van der Waals surface area contributed by atoms with E-state index in [1.807, 2.05) is 71.9 Å². The molecule has 1 aromatic carbocycles. The smallest absolute Gasteiger partial charge is 0.408 e. The summed E-state index contributed by atoms with van der Waals surface area (Å²) < 4.78 is 5.23. The quantitative estimate of drug-likeness (QED) is 0.354. The van der Waals surface area contributed by atoms with Gasteiger partial charge in [-0.05, 0) is 42.6 Å². The van der Waals surface area contributed by atoms with Crippen LogP contribution in [0.3, 0.4) is 0 Å². The van der Waals surface area contributed by atoms with E-state index >= 15 is 0 Å². The molecule has 8 heteroatoms. The van der Waals surface area contributed by atoms with Gasteiger partial charge in [-0.25, -0.2) is 4.79 Å². The van der Waals surface area contributed by atoms with Crippen molar-refractivity contribution >= 4 is 24.2 Å². The molecule has 3 atom stereocenters. The Kier molecular flexibility index (Phi) is 13.1. The van der Waals surface area contributed by atoms with Crippen molar-refractivity contribution in [3.05, 3.63) is 35.9 Å². The van der Waals surface area contributed by atoms with Crippen LogP contribution in [-0.4, -0.2) is 42.3 Å². The predicted molar refractivity (Wildman–Crippen MR) is 132 cm³/mol. The highest BCUT2D eigenvalue weighted by Gasteiger charge is 2.29. The number of nitrogens with one attached hydrogen (secondary N) is 3. The molecule has 0 aliphatic rings. The van der Waals surface area contributed by atoms with Gasteiger partial charge in [-0.3, -0.25) is 20.2 Å². The summed E-state index contributed by atoms with van der Waals surface area (Å²) in [4.78, 5) is 49.7. The third kappa shape index (κ3) is 11.9. The van der Waals surface area contributed by atoms with Crippen molar-refractivity contribution in [3.63, 3.8) is 0 Å². The van der Waals surface area contributed by atoms with Gasteiger partial charge in [-0.2, -0.15) is 0 Å². The molecule has 0 bridgehead atoms. The van der Waals surface area contributed by atoms with E-state index in [-0.39, 0.29) is 24.4 Å². The highest BCUT2D eigenvalue weighted by molar-refractivity contribution is 6.01. The third-order valence-corrected chi connectivity index (χ3v) is 5.10. The van der Waals surface area contributed by atoms with E-state index in [0.29, 0.717) is 19.3 Å². The van der Waals surface area contributed by atoms with E-state index in [4.69, 9.17) is 4.74 Å². The molecule has 0 saturated carbocycles. The Balaban J connectivity index is 2.81. The van der Waals surface area contributed by atoms with Crippen LogP contribution in [0.15, 0.2) is 30.3 Å². The fraction of sp³-hybridized carbons (Fsp3) is 0.615. The summed E-state index contributed by atoms with van der Waals surface area (Å²) in [5.41, 5.74) is 0.825. The number of rotatable bonds is 14. The van der Waals surface area contributed by atoms with Gasteiger partial charge in [0, 0.05) is 0 Å². The monoisotopic (exact) mass is 475 g/mol. The maximum atomic E-state index is 13.0. The number of alkyl carbamates (subject to hydrolysis) is 1. The minimum Gasteiger partial charge on any atom is -0.445 e. The third-order valence-electron chi connectivity index (χ3n) is 5.10. The molecule has 0 heterocycles. The number of benzene rings is 1. The Hall–Kier alpha value is -2.74. The Morgan fingerprint density at radius 3 is 1.88 bits per heavy atom.